The van der Waals surface area contributed by atoms with E-state index in [0.29, 0.717) is 0 Å². The number of aryl methyl sites for hydroxylation is 2. The third-order valence-electron chi connectivity index (χ3n) is 3.14. The summed E-state index contributed by atoms with van der Waals surface area (Å²) in [6.07, 6.45) is 0. The summed E-state index contributed by atoms with van der Waals surface area (Å²) < 4.78 is 0.924. The van der Waals surface area contributed by atoms with Crippen molar-refractivity contribution in [2.24, 2.45) is 0 Å². The Morgan fingerprint density at radius 1 is 1.00 bits per heavy atom. The highest BCUT2D eigenvalue weighted by molar-refractivity contribution is 9.10. The zero-order chi connectivity index (χ0) is 14.0. The number of halogens is 2. The molecule has 0 aliphatic rings. The molecule has 19 heavy (non-hydrogen) atoms. The maximum atomic E-state index is 6.19. The van der Waals surface area contributed by atoms with E-state index in [1.165, 1.54) is 22.3 Å². The molecule has 0 aliphatic heterocycles. The lowest BCUT2D eigenvalue weighted by Gasteiger charge is -2.19. The van der Waals surface area contributed by atoms with Crippen molar-refractivity contribution in [3.05, 3.63) is 68.1 Å². The molecule has 0 radical (unpaired) electrons. The van der Waals surface area contributed by atoms with Crippen LogP contribution < -0.4 is 5.32 Å². The molecule has 0 spiro atoms. The van der Waals surface area contributed by atoms with E-state index in [-0.39, 0.29) is 6.04 Å². The number of rotatable bonds is 3. The van der Waals surface area contributed by atoms with Crippen molar-refractivity contribution in [2.45, 2.75) is 19.9 Å². The van der Waals surface area contributed by atoms with Gasteiger partial charge in [-0.25, -0.2) is 0 Å². The van der Waals surface area contributed by atoms with Crippen LogP contribution >= 0.6 is 27.5 Å². The fourth-order valence-electron chi connectivity index (χ4n) is 2.39. The van der Waals surface area contributed by atoms with Crippen LogP contribution in [0.1, 0.15) is 28.3 Å². The molecule has 1 atom stereocenters. The van der Waals surface area contributed by atoms with Gasteiger partial charge < -0.3 is 5.32 Å². The molecule has 0 bridgehead atoms. The second-order valence-corrected chi connectivity index (χ2v) is 6.08. The average molecular weight is 339 g/mol. The molecule has 2 aromatic rings. The summed E-state index contributed by atoms with van der Waals surface area (Å²) in [6, 6.07) is 12.9. The maximum absolute atomic E-state index is 6.19. The first-order valence-corrected chi connectivity index (χ1v) is 7.39. The predicted octanol–water partition coefficient (Wildman–Crippen LogP) is 5.03. The highest BCUT2D eigenvalue weighted by atomic mass is 79.9. The summed E-state index contributed by atoms with van der Waals surface area (Å²) in [6.45, 7) is 4.25. The van der Waals surface area contributed by atoms with E-state index < -0.39 is 0 Å². The first kappa shape index (κ1) is 14.6. The average Bonchev–Trinajstić information content (AvgIpc) is 2.33. The highest BCUT2D eigenvalue weighted by Gasteiger charge is 2.13. The van der Waals surface area contributed by atoms with Gasteiger partial charge in [-0.2, -0.15) is 0 Å². The lowest BCUT2D eigenvalue weighted by Crippen LogP contribution is -2.18. The van der Waals surface area contributed by atoms with E-state index in [9.17, 15) is 0 Å². The van der Waals surface area contributed by atoms with Crippen LogP contribution in [-0.4, -0.2) is 7.05 Å². The minimum absolute atomic E-state index is 0.157. The zero-order valence-electron chi connectivity index (χ0n) is 11.3. The quantitative estimate of drug-likeness (QED) is 0.828. The number of hydrogen-bond acceptors (Lipinski definition) is 1. The number of benzene rings is 2. The lowest BCUT2D eigenvalue weighted by atomic mass is 9.96. The number of nitrogens with one attached hydrogen (secondary N) is 1. The van der Waals surface area contributed by atoms with Gasteiger partial charge in [-0.05, 0) is 60.1 Å². The zero-order valence-corrected chi connectivity index (χ0v) is 13.6. The third-order valence-corrected chi connectivity index (χ3v) is 4.38. The minimum Gasteiger partial charge on any atom is -0.309 e. The molecule has 3 heteroatoms. The minimum atomic E-state index is 0.157. The molecule has 0 heterocycles. The first-order chi connectivity index (χ1) is 9.01. The second kappa shape index (κ2) is 6.08. The monoisotopic (exact) mass is 337 g/mol. The molecular formula is C16H17BrClN. The van der Waals surface area contributed by atoms with Crippen LogP contribution in [0, 0.1) is 13.8 Å². The van der Waals surface area contributed by atoms with E-state index in [4.69, 9.17) is 11.6 Å². The lowest BCUT2D eigenvalue weighted by molar-refractivity contribution is 0.690. The van der Waals surface area contributed by atoms with Crippen LogP contribution in [0.4, 0.5) is 0 Å². The van der Waals surface area contributed by atoms with Crippen molar-refractivity contribution in [1.82, 2.24) is 5.32 Å². The van der Waals surface area contributed by atoms with Gasteiger partial charge >= 0.3 is 0 Å². The normalized spacial score (nSPS) is 12.5. The van der Waals surface area contributed by atoms with Crippen LogP contribution in [0.25, 0.3) is 0 Å². The molecule has 0 amide bonds. The first-order valence-electron chi connectivity index (χ1n) is 6.21. The molecule has 2 aromatic carbocycles. The van der Waals surface area contributed by atoms with Gasteiger partial charge in [0.15, 0.2) is 0 Å². The Hall–Kier alpha value is -0.830. The molecule has 1 nitrogen and oxygen atoms in total. The molecule has 0 saturated heterocycles. The Bertz CT molecular complexity index is 575. The Kier molecular flexibility index (Phi) is 4.67. The molecule has 1 N–H and O–H groups in total. The van der Waals surface area contributed by atoms with Gasteiger partial charge in [-0.1, -0.05) is 47.0 Å². The fraction of sp³-hybridized carbons (Fsp3) is 0.250. The molecular weight excluding hydrogens is 322 g/mol. The van der Waals surface area contributed by atoms with Crippen LogP contribution in [0.15, 0.2) is 40.9 Å². The van der Waals surface area contributed by atoms with Gasteiger partial charge in [0.05, 0.1) is 11.1 Å². The Balaban J connectivity index is 2.46. The van der Waals surface area contributed by atoms with Gasteiger partial charge in [0, 0.05) is 4.47 Å². The Morgan fingerprint density at radius 3 is 2.16 bits per heavy atom. The van der Waals surface area contributed by atoms with Gasteiger partial charge in [-0.15, -0.1) is 0 Å². The molecule has 2 rings (SSSR count). The van der Waals surface area contributed by atoms with Gasteiger partial charge in [-0.3, -0.25) is 0 Å². The smallest absolute Gasteiger partial charge is 0.0575 e. The van der Waals surface area contributed by atoms with Crippen molar-refractivity contribution in [2.75, 3.05) is 7.05 Å². The van der Waals surface area contributed by atoms with Gasteiger partial charge in [0.2, 0.25) is 0 Å². The topological polar surface area (TPSA) is 12.0 Å². The Morgan fingerprint density at radius 2 is 1.63 bits per heavy atom. The molecule has 0 saturated carbocycles. The molecule has 0 fully saturated rings. The van der Waals surface area contributed by atoms with E-state index >= 15 is 0 Å². The fourth-order valence-corrected chi connectivity index (χ4v) is 2.83. The van der Waals surface area contributed by atoms with Crippen LogP contribution in [0.5, 0.6) is 0 Å². The summed E-state index contributed by atoms with van der Waals surface area (Å²) in [5.41, 5.74) is 4.98. The molecule has 0 aliphatic carbocycles. The summed E-state index contributed by atoms with van der Waals surface area (Å²) in [5, 5.41) is 4.10. The molecule has 0 aromatic heterocycles. The number of hydrogen-bond donors (Lipinski definition) is 1. The van der Waals surface area contributed by atoms with Crippen LogP contribution in [0.2, 0.25) is 5.02 Å². The molecule has 100 valence electrons. The standard InChI is InChI=1S/C16H17BrClN/c1-10-6-11(2)8-13(7-10)16(19-3)12-4-5-14(17)15(18)9-12/h4-9,16,19H,1-3H3. The van der Waals surface area contributed by atoms with E-state index in [2.05, 4.69) is 59.4 Å². The summed E-state index contributed by atoms with van der Waals surface area (Å²) in [7, 11) is 1.97. The second-order valence-electron chi connectivity index (χ2n) is 4.82. The summed E-state index contributed by atoms with van der Waals surface area (Å²) in [4.78, 5) is 0. The third kappa shape index (κ3) is 3.38. The maximum Gasteiger partial charge on any atom is 0.0575 e. The predicted molar refractivity (Wildman–Crippen MR) is 86.0 cm³/mol. The SMILES string of the molecule is CNC(c1cc(C)cc(C)c1)c1ccc(Br)c(Cl)c1. The van der Waals surface area contributed by atoms with E-state index in [1.54, 1.807) is 0 Å². The summed E-state index contributed by atoms with van der Waals surface area (Å²) in [5.74, 6) is 0. The van der Waals surface area contributed by atoms with Gasteiger partial charge in [0.1, 0.15) is 0 Å². The van der Waals surface area contributed by atoms with Gasteiger partial charge in [0.25, 0.3) is 0 Å². The highest BCUT2D eigenvalue weighted by Crippen LogP contribution is 2.29. The van der Waals surface area contributed by atoms with Crippen molar-refractivity contribution >= 4 is 27.5 Å². The van der Waals surface area contributed by atoms with E-state index in [0.717, 1.165) is 9.50 Å². The largest absolute Gasteiger partial charge is 0.309 e. The van der Waals surface area contributed by atoms with Crippen molar-refractivity contribution in [1.29, 1.82) is 0 Å². The van der Waals surface area contributed by atoms with Crippen molar-refractivity contribution < 1.29 is 0 Å². The van der Waals surface area contributed by atoms with Crippen LogP contribution in [-0.2, 0) is 0 Å². The molecule has 1 unspecified atom stereocenters. The van der Waals surface area contributed by atoms with Crippen molar-refractivity contribution in [3.63, 3.8) is 0 Å². The van der Waals surface area contributed by atoms with Crippen molar-refractivity contribution in [3.8, 4) is 0 Å². The summed E-state index contributed by atoms with van der Waals surface area (Å²) >= 11 is 9.62. The van der Waals surface area contributed by atoms with E-state index in [1.807, 2.05) is 19.2 Å². The Labute approximate surface area is 128 Å². The van der Waals surface area contributed by atoms with Crippen LogP contribution in [0.3, 0.4) is 0 Å².